The van der Waals surface area contributed by atoms with Crippen molar-refractivity contribution in [3.05, 3.63) is 0 Å². The predicted octanol–water partition coefficient (Wildman–Crippen LogP) is 0.935. The van der Waals surface area contributed by atoms with Gasteiger partial charge in [0.1, 0.15) is 0 Å². The van der Waals surface area contributed by atoms with E-state index in [0.29, 0.717) is 19.6 Å². The first-order valence-electron chi connectivity index (χ1n) is 3.88. The molecule has 1 heterocycles. The molecule has 11 heavy (non-hydrogen) atoms. The van der Waals surface area contributed by atoms with Gasteiger partial charge in [0.15, 0.2) is 0 Å². The molecular weight excluding hydrogens is 142 g/mol. The highest BCUT2D eigenvalue weighted by Gasteiger charge is 2.37. The molecule has 0 spiro atoms. The Morgan fingerprint density at radius 2 is 2.09 bits per heavy atom. The van der Waals surface area contributed by atoms with Crippen molar-refractivity contribution in [1.82, 2.24) is 0 Å². The van der Waals surface area contributed by atoms with E-state index in [-0.39, 0.29) is 12.0 Å². The average molecular weight is 157 g/mol. The van der Waals surface area contributed by atoms with Gasteiger partial charge in [-0.2, -0.15) is 5.26 Å². The van der Waals surface area contributed by atoms with Gasteiger partial charge in [-0.3, -0.25) is 0 Å². The molecule has 0 aliphatic carbocycles. The zero-order chi connectivity index (χ0) is 8.74. The van der Waals surface area contributed by atoms with Gasteiger partial charge >= 0.3 is 0 Å². The van der Waals surface area contributed by atoms with Crippen molar-refractivity contribution < 1.29 is 9.84 Å². The van der Waals surface area contributed by atoms with Gasteiger partial charge in [-0.15, -0.1) is 0 Å². The Balaban J connectivity index is 0.000000461. The van der Waals surface area contributed by atoms with Crippen LogP contribution in [-0.2, 0) is 4.74 Å². The van der Waals surface area contributed by atoms with Gasteiger partial charge in [0.2, 0.25) is 0 Å². The fourth-order valence-electron chi connectivity index (χ4n) is 0.808. The third-order valence-electron chi connectivity index (χ3n) is 1.61. The van der Waals surface area contributed by atoms with Gasteiger partial charge in [-0.1, -0.05) is 13.8 Å². The molecule has 0 aromatic carbocycles. The molecule has 0 aromatic rings. The second-order valence-electron chi connectivity index (χ2n) is 2.49. The van der Waals surface area contributed by atoms with Gasteiger partial charge in [-0.25, -0.2) is 0 Å². The lowest BCUT2D eigenvalue weighted by atomic mass is 9.84. The van der Waals surface area contributed by atoms with Crippen LogP contribution in [0.3, 0.4) is 0 Å². The smallest absolute Gasteiger partial charge is 0.0630 e. The number of hydrogen-bond donors (Lipinski definition) is 1. The van der Waals surface area contributed by atoms with E-state index in [9.17, 15) is 0 Å². The summed E-state index contributed by atoms with van der Waals surface area (Å²) in [5, 5.41) is 17.0. The zero-order valence-corrected chi connectivity index (χ0v) is 7.13. The van der Waals surface area contributed by atoms with E-state index in [1.54, 1.807) is 0 Å². The maximum absolute atomic E-state index is 8.74. The highest BCUT2D eigenvalue weighted by Crippen LogP contribution is 2.29. The Morgan fingerprint density at radius 1 is 1.55 bits per heavy atom. The number of nitriles is 1. The number of hydrogen-bond acceptors (Lipinski definition) is 3. The van der Waals surface area contributed by atoms with Gasteiger partial charge in [0.05, 0.1) is 31.3 Å². The van der Waals surface area contributed by atoms with Crippen LogP contribution in [0.2, 0.25) is 0 Å². The maximum atomic E-state index is 8.74. The second-order valence-corrected chi connectivity index (χ2v) is 2.49. The fraction of sp³-hybridized carbons (Fsp3) is 0.875. The molecule has 3 heteroatoms. The first-order chi connectivity index (χ1) is 5.33. The summed E-state index contributed by atoms with van der Waals surface area (Å²) in [4.78, 5) is 0. The van der Waals surface area contributed by atoms with Crippen molar-refractivity contribution in [2.75, 3.05) is 19.8 Å². The van der Waals surface area contributed by atoms with E-state index in [4.69, 9.17) is 15.1 Å². The van der Waals surface area contributed by atoms with Crippen LogP contribution in [-0.4, -0.2) is 24.9 Å². The molecule has 0 radical (unpaired) electrons. The van der Waals surface area contributed by atoms with E-state index >= 15 is 0 Å². The fourth-order valence-corrected chi connectivity index (χ4v) is 0.808. The third kappa shape index (κ3) is 2.49. The molecule has 1 rings (SSSR count). The van der Waals surface area contributed by atoms with Crippen LogP contribution in [0.15, 0.2) is 0 Å². The van der Waals surface area contributed by atoms with E-state index in [2.05, 4.69) is 0 Å². The summed E-state index contributed by atoms with van der Waals surface area (Å²) in [6.45, 7) is 5.15. The number of rotatable bonds is 2. The predicted molar refractivity (Wildman–Crippen MR) is 41.9 cm³/mol. The molecule has 1 aliphatic heterocycles. The van der Waals surface area contributed by atoms with Crippen molar-refractivity contribution in [2.45, 2.75) is 20.3 Å². The highest BCUT2D eigenvalue weighted by atomic mass is 16.5. The Morgan fingerprint density at radius 3 is 2.18 bits per heavy atom. The van der Waals surface area contributed by atoms with Crippen molar-refractivity contribution in [2.24, 2.45) is 5.41 Å². The van der Waals surface area contributed by atoms with Crippen molar-refractivity contribution >= 4 is 0 Å². The number of aliphatic hydroxyl groups is 1. The number of ether oxygens (including phenoxy) is 1. The molecule has 1 aliphatic rings. The van der Waals surface area contributed by atoms with Crippen molar-refractivity contribution in [1.29, 1.82) is 5.26 Å². The second kappa shape index (κ2) is 5.11. The molecule has 1 fully saturated rings. The average Bonchev–Trinajstić information content (AvgIpc) is 2.01. The third-order valence-corrected chi connectivity index (χ3v) is 1.61. The Labute approximate surface area is 67.6 Å². The van der Waals surface area contributed by atoms with Crippen molar-refractivity contribution in [3.8, 4) is 6.07 Å². The van der Waals surface area contributed by atoms with Crippen LogP contribution < -0.4 is 0 Å². The van der Waals surface area contributed by atoms with E-state index in [1.807, 2.05) is 19.9 Å². The summed E-state index contributed by atoms with van der Waals surface area (Å²) in [5.74, 6) is 0. The molecule has 0 atom stereocenters. The quantitative estimate of drug-likeness (QED) is 0.649. The Bertz CT molecular complexity index is 130. The van der Waals surface area contributed by atoms with E-state index in [0.717, 1.165) is 0 Å². The minimum absolute atomic E-state index is 0.0700. The largest absolute Gasteiger partial charge is 0.396 e. The lowest BCUT2D eigenvalue weighted by Crippen LogP contribution is -2.45. The summed E-state index contributed by atoms with van der Waals surface area (Å²) in [6.07, 6.45) is 0.406. The first kappa shape index (κ1) is 10.4. The summed E-state index contributed by atoms with van der Waals surface area (Å²) in [5.41, 5.74) is -0.214. The molecule has 0 unspecified atom stereocenters. The number of nitrogens with zero attached hydrogens (tertiary/aromatic N) is 1. The standard InChI is InChI=1S/C6H9NO2.C2H6/c7-2-1-6(3-8)4-9-5-6;1-2/h8H,1,3-5H2;1-2H3. The summed E-state index contributed by atoms with van der Waals surface area (Å²) in [6, 6.07) is 2.02. The zero-order valence-electron chi connectivity index (χ0n) is 7.13. The van der Waals surface area contributed by atoms with Gasteiger partial charge in [0.25, 0.3) is 0 Å². The van der Waals surface area contributed by atoms with Crippen LogP contribution >= 0.6 is 0 Å². The van der Waals surface area contributed by atoms with Gasteiger partial charge in [0, 0.05) is 6.42 Å². The van der Waals surface area contributed by atoms with E-state index < -0.39 is 0 Å². The Kier molecular flexibility index (Phi) is 4.84. The molecule has 1 saturated heterocycles. The molecular formula is C8H15NO2. The van der Waals surface area contributed by atoms with Crippen LogP contribution in [0.25, 0.3) is 0 Å². The molecule has 3 nitrogen and oxygen atoms in total. The molecule has 0 aromatic heterocycles. The summed E-state index contributed by atoms with van der Waals surface area (Å²) < 4.78 is 4.87. The lowest BCUT2D eigenvalue weighted by molar-refractivity contribution is -0.133. The minimum atomic E-state index is -0.214. The maximum Gasteiger partial charge on any atom is 0.0630 e. The SMILES string of the molecule is CC.N#CCC1(CO)COC1. The van der Waals surface area contributed by atoms with E-state index in [1.165, 1.54) is 0 Å². The molecule has 1 N–H and O–H groups in total. The van der Waals surface area contributed by atoms with Crippen LogP contribution in [0, 0.1) is 16.7 Å². The van der Waals surface area contributed by atoms with Crippen LogP contribution in [0.1, 0.15) is 20.3 Å². The number of aliphatic hydroxyl groups excluding tert-OH is 1. The molecule has 0 bridgehead atoms. The van der Waals surface area contributed by atoms with Crippen LogP contribution in [0.4, 0.5) is 0 Å². The van der Waals surface area contributed by atoms with Crippen LogP contribution in [0.5, 0.6) is 0 Å². The normalized spacial score (nSPS) is 18.7. The Hall–Kier alpha value is -0.590. The molecule has 64 valence electrons. The summed E-state index contributed by atoms with van der Waals surface area (Å²) in [7, 11) is 0. The van der Waals surface area contributed by atoms with Gasteiger partial charge < -0.3 is 9.84 Å². The monoisotopic (exact) mass is 157 g/mol. The lowest BCUT2D eigenvalue weighted by Gasteiger charge is -2.37. The first-order valence-corrected chi connectivity index (χ1v) is 3.88. The molecule has 0 amide bonds. The molecule has 0 saturated carbocycles. The highest BCUT2D eigenvalue weighted by molar-refractivity contribution is 4.92. The summed E-state index contributed by atoms with van der Waals surface area (Å²) >= 11 is 0. The topological polar surface area (TPSA) is 53.2 Å². The van der Waals surface area contributed by atoms with Gasteiger partial charge in [-0.05, 0) is 0 Å². The minimum Gasteiger partial charge on any atom is -0.396 e. The van der Waals surface area contributed by atoms with Crippen molar-refractivity contribution in [3.63, 3.8) is 0 Å².